The van der Waals surface area contributed by atoms with Crippen LogP contribution in [0.5, 0.6) is 0 Å². The van der Waals surface area contributed by atoms with Crippen LogP contribution < -0.4 is 10.2 Å². The number of guanidine groups is 1. The molecule has 6 heteroatoms. The third-order valence-corrected chi connectivity index (χ3v) is 3.85. The van der Waals surface area contributed by atoms with Crippen LogP contribution in [0.1, 0.15) is 11.1 Å². The van der Waals surface area contributed by atoms with Crippen molar-refractivity contribution in [2.24, 2.45) is 4.99 Å². The molecule has 0 radical (unpaired) electrons. The molecule has 1 aromatic carbocycles. The van der Waals surface area contributed by atoms with Crippen LogP contribution in [0, 0.1) is 6.92 Å². The van der Waals surface area contributed by atoms with E-state index in [2.05, 4.69) is 33.2 Å². The molecule has 2 aliphatic heterocycles. The summed E-state index contributed by atoms with van der Waals surface area (Å²) < 4.78 is 1.09. The summed E-state index contributed by atoms with van der Waals surface area (Å²) in [6.07, 6.45) is 0. The molecule has 3 rings (SSSR count). The zero-order chi connectivity index (χ0) is 11.3. The molecule has 0 atom stereocenters. The van der Waals surface area contributed by atoms with Crippen LogP contribution in [0.2, 0.25) is 0 Å². The highest BCUT2D eigenvalue weighted by Crippen LogP contribution is 2.33. The highest BCUT2D eigenvalue weighted by atomic mass is 79.9. The van der Waals surface area contributed by atoms with Crippen LogP contribution >= 0.6 is 28.3 Å². The van der Waals surface area contributed by atoms with Gasteiger partial charge in [0.05, 0.1) is 6.54 Å². The maximum atomic E-state index is 11.3. The van der Waals surface area contributed by atoms with Crippen LogP contribution in [0.25, 0.3) is 0 Å². The lowest BCUT2D eigenvalue weighted by Gasteiger charge is -2.25. The van der Waals surface area contributed by atoms with Gasteiger partial charge in [-0.25, -0.2) is 4.99 Å². The normalized spacial score (nSPS) is 16.7. The minimum atomic E-state index is 0. The predicted octanol–water partition coefficient (Wildman–Crippen LogP) is 1.99. The first-order valence-electron chi connectivity index (χ1n) is 5.06. The Morgan fingerprint density at radius 3 is 3.00 bits per heavy atom. The Morgan fingerprint density at radius 2 is 2.24 bits per heavy atom. The monoisotopic (exact) mass is 315 g/mol. The zero-order valence-corrected chi connectivity index (χ0v) is 11.6. The van der Waals surface area contributed by atoms with E-state index in [1.807, 2.05) is 17.0 Å². The predicted molar refractivity (Wildman–Crippen MR) is 72.8 cm³/mol. The van der Waals surface area contributed by atoms with E-state index in [4.69, 9.17) is 0 Å². The molecule has 0 aliphatic carbocycles. The molecule has 0 spiro atoms. The van der Waals surface area contributed by atoms with Gasteiger partial charge < -0.3 is 4.90 Å². The van der Waals surface area contributed by atoms with E-state index in [1.165, 1.54) is 11.1 Å². The highest BCUT2D eigenvalue weighted by Gasteiger charge is 2.31. The minimum Gasteiger partial charge on any atom is -0.303 e. The van der Waals surface area contributed by atoms with Crippen molar-refractivity contribution in [1.82, 2.24) is 5.32 Å². The fraction of sp³-hybridized carbons (Fsp3) is 0.273. The molecule has 2 heterocycles. The quantitative estimate of drug-likeness (QED) is 0.795. The second kappa shape index (κ2) is 4.31. The van der Waals surface area contributed by atoms with E-state index in [-0.39, 0.29) is 18.3 Å². The molecule has 1 N–H and O–H groups in total. The third-order valence-electron chi connectivity index (χ3n) is 2.99. The van der Waals surface area contributed by atoms with Crippen molar-refractivity contribution in [3.63, 3.8) is 0 Å². The number of nitrogens with zero attached hydrogens (tertiary/aromatic N) is 2. The molecule has 0 unspecified atom stereocenters. The van der Waals surface area contributed by atoms with Crippen LogP contribution in [-0.4, -0.2) is 18.4 Å². The van der Waals surface area contributed by atoms with Gasteiger partial charge in [-0.2, -0.15) is 0 Å². The van der Waals surface area contributed by atoms with Gasteiger partial charge in [-0.05, 0) is 24.6 Å². The molecular weight excluding hydrogens is 305 g/mol. The molecule has 0 bridgehead atoms. The summed E-state index contributed by atoms with van der Waals surface area (Å²) >= 11 is 3.51. The largest absolute Gasteiger partial charge is 0.303 e. The molecule has 0 saturated carbocycles. The lowest BCUT2D eigenvalue weighted by molar-refractivity contribution is -0.117. The van der Waals surface area contributed by atoms with Crippen LogP contribution in [0.3, 0.4) is 0 Å². The number of benzene rings is 1. The number of halogens is 2. The van der Waals surface area contributed by atoms with E-state index in [1.54, 1.807) is 0 Å². The van der Waals surface area contributed by atoms with Crippen molar-refractivity contribution in [3.8, 4) is 0 Å². The van der Waals surface area contributed by atoms with E-state index >= 15 is 0 Å². The zero-order valence-electron chi connectivity index (χ0n) is 9.16. The Balaban J connectivity index is 0.00000108. The number of rotatable bonds is 0. The summed E-state index contributed by atoms with van der Waals surface area (Å²) in [4.78, 5) is 17.6. The Morgan fingerprint density at radius 1 is 1.47 bits per heavy atom. The Labute approximate surface area is 114 Å². The topological polar surface area (TPSA) is 44.7 Å². The smallest absolute Gasteiger partial charge is 0.246 e. The number of hydrogen-bond acceptors (Lipinski definition) is 3. The van der Waals surface area contributed by atoms with Gasteiger partial charge in [-0.15, -0.1) is 12.4 Å². The number of fused-ring (bicyclic) bond motifs is 3. The molecule has 1 aromatic rings. The molecular formula is C11H11BrClN3O. The van der Waals surface area contributed by atoms with Crippen molar-refractivity contribution >= 4 is 45.9 Å². The Bertz CT molecular complexity index is 530. The summed E-state index contributed by atoms with van der Waals surface area (Å²) in [5, 5.41) is 2.76. The fourth-order valence-corrected chi connectivity index (χ4v) is 2.47. The van der Waals surface area contributed by atoms with E-state index < -0.39 is 0 Å². The first-order chi connectivity index (χ1) is 7.66. The number of carbonyl (C=O) groups excluding carboxylic acids is 1. The van der Waals surface area contributed by atoms with Crippen LogP contribution in [0.4, 0.5) is 5.69 Å². The SMILES string of the molecule is Cc1c(Br)ccc2c1CN=C1NC(=O)CN12.Cl. The Kier molecular flexibility index (Phi) is 3.14. The molecule has 0 aromatic heterocycles. The first-order valence-corrected chi connectivity index (χ1v) is 5.86. The highest BCUT2D eigenvalue weighted by molar-refractivity contribution is 9.10. The number of aliphatic imine (C=N–C) groups is 1. The summed E-state index contributed by atoms with van der Waals surface area (Å²) in [5.41, 5.74) is 3.47. The summed E-state index contributed by atoms with van der Waals surface area (Å²) in [5.74, 6) is 0.686. The van der Waals surface area contributed by atoms with Crippen LogP contribution in [-0.2, 0) is 11.3 Å². The number of hydrogen-bond donors (Lipinski definition) is 1. The van der Waals surface area contributed by atoms with E-state index in [0.29, 0.717) is 19.0 Å². The average Bonchev–Trinajstić information content (AvgIpc) is 2.63. The fourth-order valence-electron chi connectivity index (χ4n) is 2.09. The molecule has 17 heavy (non-hydrogen) atoms. The molecule has 1 saturated heterocycles. The molecule has 90 valence electrons. The molecule has 2 aliphatic rings. The molecule has 4 nitrogen and oxygen atoms in total. The summed E-state index contributed by atoms with van der Waals surface area (Å²) in [6, 6.07) is 4.04. The van der Waals surface area contributed by atoms with E-state index in [0.717, 1.165) is 10.2 Å². The minimum absolute atomic E-state index is 0. The van der Waals surface area contributed by atoms with Crippen molar-refractivity contribution < 1.29 is 4.79 Å². The van der Waals surface area contributed by atoms with Gasteiger partial charge in [0.2, 0.25) is 11.9 Å². The average molecular weight is 317 g/mol. The third kappa shape index (κ3) is 1.83. The summed E-state index contributed by atoms with van der Waals surface area (Å²) in [6.45, 7) is 3.06. The first kappa shape index (κ1) is 12.4. The van der Waals surface area contributed by atoms with Gasteiger partial charge in [-0.3, -0.25) is 10.1 Å². The van der Waals surface area contributed by atoms with Gasteiger partial charge in [0.25, 0.3) is 0 Å². The van der Waals surface area contributed by atoms with Gasteiger partial charge in [-0.1, -0.05) is 15.9 Å². The maximum absolute atomic E-state index is 11.3. The number of amides is 1. The van der Waals surface area contributed by atoms with E-state index in [9.17, 15) is 4.79 Å². The van der Waals surface area contributed by atoms with Crippen molar-refractivity contribution in [2.75, 3.05) is 11.4 Å². The standard InChI is InChI=1S/C11H10BrN3O.ClH/c1-6-7-4-13-11-14-10(16)5-15(11)9(7)3-2-8(6)12;/h2-3H,4-5H2,1H3,(H,13,14,16);1H. The molecule has 1 fully saturated rings. The van der Waals surface area contributed by atoms with Gasteiger partial charge >= 0.3 is 0 Å². The van der Waals surface area contributed by atoms with Gasteiger partial charge in [0.1, 0.15) is 6.54 Å². The van der Waals surface area contributed by atoms with Crippen molar-refractivity contribution in [3.05, 3.63) is 27.7 Å². The van der Waals surface area contributed by atoms with Crippen LogP contribution in [0.15, 0.2) is 21.6 Å². The Hall–Kier alpha value is -1.07. The van der Waals surface area contributed by atoms with Gasteiger partial charge in [0, 0.05) is 15.7 Å². The second-order valence-electron chi connectivity index (χ2n) is 3.94. The lowest BCUT2D eigenvalue weighted by Crippen LogP contribution is -2.33. The lowest BCUT2D eigenvalue weighted by atomic mass is 10.0. The van der Waals surface area contributed by atoms with Crippen molar-refractivity contribution in [1.29, 1.82) is 0 Å². The number of anilines is 1. The van der Waals surface area contributed by atoms with Gasteiger partial charge in [0.15, 0.2) is 0 Å². The summed E-state index contributed by atoms with van der Waals surface area (Å²) in [7, 11) is 0. The van der Waals surface area contributed by atoms with Crippen molar-refractivity contribution in [2.45, 2.75) is 13.5 Å². The second-order valence-corrected chi connectivity index (χ2v) is 4.80. The number of carbonyl (C=O) groups is 1. The molecule has 1 amide bonds. The number of nitrogens with one attached hydrogen (secondary N) is 1. The maximum Gasteiger partial charge on any atom is 0.246 e.